The molecule has 0 saturated heterocycles. The molecule has 0 aliphatic carbocycles. The maximum atomic E-state index is 2.53. The molecule has 0 nitrogen and oxygen atoms in total. The second kappa shape index (κ2) is 3.57. The molecule has 0 aromatic rings. The molecule has 0 aliphatic rings. The van der Waals surface area contributed by atoms with Crippen LogP contribution >= 0.6 is 78.4 Å². The first kappa shape index (κ1) is 8.57. The van der Waals surface area contributed by atoms with Crippen LogP contribution in [0.5, 0.6) is 0 Å². The van der Waals surface area contributed by atoms with Crippen molar-refractivity contribution in [1.82, 2.24) is 0 Å². The van der Waals surface area contributed by atoms with Crippen LogP contribution in [0, 0.1) is 0 Å². The summed E-state index contributed by atoms with van der Waals surface area (Å²) in [6.45, 7) is 0. The molecular formula is I4Ir. The summed E-state index contributed by atoms with van der Waals surface area (Å²) in [6.07, 6.45) is 0. The Morgan fingerprint density at radius 2 is 0.800 bits per heavy atom. The number of hydrogen-bond donors (Lipinski definition) is 0. The molecule has 0 atom stereocenters. The van der Waals surface area contributed by atoms with Crippen molar-refractivity contribution in [3.05, 3.63) is 0 Å². The van der Waals surface area contributed by atoms with Gasteiger partial charge in [-0.1, -0.05) is 0 Å². The van der Waals surface area contributed by atoms with E-state index in [0.717, 1.165) is 0 Å². The third-order valence-electron chi connectivity index (χ3n) is 0. The van der Waals surface area contributed by atoms with Crippen LogP contribution in [-0.2, 0) is 0.959 Å². The van der Waals surface area contributed by atoms with Gasteiger partial charge in [-0.15, -0.1) is 0 Å². The van der Waals surface area contributed by atoms with Crippen molar-refractivity contribution in [3.8, 4) is 0 Å². The van der Waals surface area contributed by atoms with Gasteiger partial charge in [-0.25, -0.2) is 0 Å². The van der Waals surface area contributed by atoms with E-state index in [4.69, 9.17) is 0 Å². The molecule has 0 fully saturated rings. The fourth-order valence-electron chi connectivity index (χ4n) is 0. The van der Waals surface area contributed by atoms with Crippen molar-refractivity contribution in [1.29, 1.82) is 0 Å². The van der Waals surface area contributed by atoms with Crippen LogP contribution in [0.25, 0.3) is 0 Å². The van der Waals surface area contributed by atoms with Gasteiger partial charge in [0.1, 0.15) is 0 Å². The van der Waals surface area contributed by atoms with Gasteiger partial charge in [0.2, 0.25) is 0 Å². The Labute approximate surface area is 76.7 Å². The molecule has 0 heterocycles. The quantitative estimate of drug-likeness (QED) is 0.340. The fourth-order valence-corrected chi connectivity index (χ4v) is 0. The molecule has 0 aromatic heterocycles. The minimum absolute atomic E-state index is 1.12. The van der Waals surface area contributed by atoms with Crippen molar-refractivity contribution >= 4 is 78.4 Å². The van der Waals surface area contributed by atoms with E-state index >= 15 is 0 Å². The molecule has 0 amide bonds. The average Bonchev–Trinajstić information content (AvgIpc) is 0.722. The Balaban J connectivity index is 3.02. The molecule has 5 heteroatoms. The van der Waals surface area contributed by atoms with E-state index < -0.39 is 0.959 Å². The third kappa shape index (κ3) is 18.4. The Morgan fingerprint density at radius 1 is 0.800 bits per heavy atom. The topological polar surface area (TPSA) is 0 Å². The van der Waals surface area contributed by atoms with Gasteiger partial charge < -0.3 is 0 Å². The van der Waals surface area contributed by atoms with Gasteiger partial charge in [0, 0.05) is 0 Å². The van der Waals surface area contributed by atoms with E-state index in [2.05, 4.69) is 78.4 Å². The zero-order chi connectivity index (χ0) is 4.50. The van der Waals surface area contributed by atoms with Gasteiger partial charge in [0.25, 0.3) is 0 Å². The summed E-state index contributed by atoms with van der Waals surface area (Å²) in [6, 6.07) is 0. The first-order valence-corrected chi connectivity index (χ1v) is 27.7. The predicted molar refractivity (Wildman–Crippen MR) is 56.1 cm³/mol. The second-order valence-corrected chi connectivity index (χ2v) is 105. The van der Waals surface area contributed by atoms with Gasteiger partial charge in [-0.2, -0.15) is 0 Å². The number of rotatable bonds is 0. The molecule has 0 spiro atoms. The van der Waals surface area contributed by atoms with Gasteiger partial charge in [-0.3, -0.25) is 0 Å². The van der Waals surface area contributed by atoms with E-state index in [9.17, 15) is 0 Å². The van der Waals surface area contributed by atoms with Crippen LogP contribution in [0.4, 0.5) is 0 Å². The summed E-state index contributed by atoms with van der Waals surface area (Å²) in [5, 5.41) is 0. The van der Waals surface area contributed by atoms with E-state index in [1.165, 1.54) is 0 Å². The van der Waals surface area contributed by atoms with Gasteiger partial charge >= 0.3 is 79.3 Å². The molecule has 0 radical (unpaired) electrons. The molecule has 5 heavy (non-hydrogen) atoms. The summed E-state index contributed by atoms with van der Waals surface area (Å²) in [4.78, 5) is 0. The summed E-state index contributed by atoms with van der Waals surface area (Å²) in [5.74, 6) is 0. The van der Waals surface area contributed by atoms with Gasteiger partial charge in [0.05, 0.1) is 0 Å². The van der Waals surface area contributed by atoms with Crippen LogP contribution in [0.1, 0.15) is 0 Å². The van der Waals surface area contributed by atoms with Crippen molar-refractivity contribution in [2.75, 3.05) is 0 Å². The molecule has 0 rings (SSSR count). The summed E-state index contributed by atoms with van der Waals surface area (Å²) in [7, 11) is 0. The molecule has 0 unspecified atom stereocenters. The van der Waals surface area contributed by atoms with Crippen LogP contribution in [-0.4, -0.2) is 0 Å². The van der Waals surface area contributed by atoms with Gasteiger partial charge in [-0.05, 0) is 0 Å². The van der Waals surface area contributed by atoms with E-state index in [0.29, 0.717) is 0 Å². The molecule has 0 N–H and O–H groups in total. The van der Waals surface area contributed by atoms with Crippen molar-refractivity contribution in [3.63, 3.8) is 0 Å². The van der Waals surface area contributed by atoms with E-state index in [-0.39, 0.29) is 0 Å². The normalized spacial score (nSPS) is 15.2. The molecule has 0 bridgehead atoms. The number of hydrogen-bond acceptors (Lipinski definition) is 0. The zero-order valence-electron chi connectivity index (χ0n) is 1.85. The third-order valence-corrected chi connectivity index (χ3v) is 0. The summed E-state index contributed by atoms with van der Waals surface area (Å²) >= 11 is 10.1. The first-order valence-electron chi connectivity index (χ1n) is 0.504. The van der Waals surface area contributed by atoms with Crippen LogP contribution in [0.15, 0.2) is 0 Å². The Kier molecular flexibility index (Phi) is 6.11. The van der Waals surface area contributed by atoms with Gasteiger partial charge in [0.15, 0.2) is 0 Å². The molecule has 0 aromatic carbocycles. The van der Waals surface area contributed by atoms with Crippen LogP contribution < -0.4 is 0 Å². The first-order chi connectivity index (χ1) is 2.00. The number of halogens is 4. The molecule has 0 saturated carbocycles. The van der Waals surface area contributed by atoms with Crippen molar-refractivity contribution in [2.24, 2.45) is 0 Å². The molecule has 37 valence electrons. The monoisotopic (exact) mass is 701 g/mol. The van der Waals surface area contributed by atoms with Crippen molar-refractivity contribution in [2.45, 2.75) is 0 Å². The van der Waals surface area contributed by atoms with Crippen molar-refractivity contribution < 1.29 is 0.959 Å². The Bertz CT molecular complexity index is 19.1. The standard InChI is InChI=1S/4HI.Ir/h4*1H;/q;;;;+4/p-4. The molecule has 0 aliphatic heterocycles. The van der Waals surface area contributed by atoms with E-state index in [1.54, 1.807) is 0 Å². The zero-order valence-corrected chi connectivity index (χ0v) is 12.9. The SMILES string of the molecule is [I][Ir]([I])([I])[I]. The Hall–Kier alpha value is 3.57. The van der Waals surface area contributed by atoms with Crippen LogP contribution in [0.3, 0.4) is 0 Å². The second-order valence-electron chi connectivity index (χ2n) is 0.286. The summed E-state index contributed by atoms with van der Waals surface area (Å²) < 4.78 is -1.12. The summed E-state index contributed by atoms with van der Waals surface area (Å²) in [5.41, 5.74) is 0. The predicted octanol–water partition coefficient (Wildman–Crippen LogP) is 3.54. The maximum absolute atomic E-state index is 2.53. The van der Waals surface area contributed by atoms with Crippen LogP contribution in [0.2, 0.25) is 0 Å². The van der Waals surface area contributed by atoms with E-state index in [1.807, 2.05) is 0 Å². The molecular weight excluding hydrogens is 700 g/mol. The average molecular weight is 700 g/mol. The fraction of sp³-hybridized carbons (Fsp3) is 0. The Morgan fingerprint density at radius 3 is 0.800 bits per heavy atom. The minimum atomic E-state index is -1.12.